The van der Waals surface area contributed by atoms with Gasteiger partial charge in [0.25, 0.3) is 0 Å². The summed E-state index contributed by atoms with van der Waals surface area (Å²) in [6, 6.07) is 0.712. The van der Waals surface area contributed by atoms with Gasteiger partial charge in [-0.25, -0.2) is 0 Å². The van der Waals surface area contributed by atoms with E-state index in [0.29, 0.717) is 6.04 Å². The normalized spacial score (nSPS) is 30.0. The zero-order chi connectivity index (χ0) is 9.84. The van der Waals surface area contributed by atoms with Crippen LogP contribution in [0.15, 0.2) is 0 Å². The van der Waals surface area contributed by atoms with Crippen LogP contribution in [0.25, 0.3) is 0 Å². The average molecular weight is 184 g/mol. The Labute approximate surface area is 82.7 Å². The molecule has 2 unspecified atom stereocenters. The number of nitrogens with zero attached hydrogens (tertiary/aromatic N) is 1. The highest BCUT2D eigenvalue weighted by atomic mass is 15.5. The Morgan fingerprint density at radius 1 is 1.15 bits per heavy atom. The topological polar surface area (TPSA) is 15.3 Å². The zero-order valence-corrected chi connectivity index (χ0v) is 9.51. The predicted octanol–water partition coefficient (Wildman–Crippen LogP) is 2.27. The fourth-order valence-electron chi connectivity index (χ4n) is 2.45. The van der Waals surface area contributed by atoms with Crippen LogP contribution in [0.1, 0.15) is 39.5 Å². The Kier molecular flexibility index (Phi) is 4.20. The van der Waals surface area contributed by atoms with Crippen molar-refractivity contribution in [2.24, 2.45) is 11.8 Å². The van der Waals surface area contributed by atoms with Crippen molar-refractivity contribution in [1.29, 1.82) is 0 Å². The van der Waals surface area contributed by atoms with Gasteiger partial charge in [0, 0.05) is 20.1 Å². The Morgan fingerprint density at radius 3 is 2.31 bits per heavy atom. The van der Waals surface area contributed by atoms with Gasteiger partial charge in [0.2, 0.25) is 0 Å². The summed E-state index contributed by atoms with van der Waals surface area (Å²) in [7, 11) is 4.18. The number of hydrogen-bond acceptors (Lipinski definition) is 2. The van der Waals surface area contributed by atoms with Gasteiger partial charge in [-0.15, -0.1) is 0 Å². The lowest BCUT2D eigenvalue weighted by molar-refractivity contribution is 0.130. The largest absolute Gasteiger partial charge is 0.252 e. The summed E-state index contributed by atoms with van der Waals surface area (Å²) in [5, 5.41) is 2.10. The summed E-state index contributed by atoms with van der Waals surface area (Å²) in [6.07, 6.45) is 5.58. The van der Waals surface area contributed by atoms with Crippen LogP contribution in [0.5, 0.6) is 0 Å². The summed E-state index contributed by atoms with van der Waals surface area (Å²) >= 11 is 0. The smallest absolute Gasteiger partial charge is 0.0245 e. The predicted molar refractivity (Wildman–Crippen MR) is 57.4 cm³/mol. The van der Waals surface area contributed by atoms with Crippen LogP contribution < -0.4 is 5.43 Å². The van der Waals surface area contributed by atoms with E-state index < -0.39 is 0 Å². The third-order valence-corrected chi connectivity index (χ3v) is 3.10. The molecule has 0 spiro atoms. The van der Waals surface area contributed by atoms with E-state index in [4.69, 9.17) is 0 Å². The van der Waals surface area contributed by atoms with Gasteiger partial charge < -0.3 is 0 Å². The lowest BCUT2D eigenvalue weighted by atomic mass is 9.78. The highest BCUT2D eigenvalue weighted by Crippen LogP contribution is 2.30. The molecule has 0 radical (unpaired) electrons. The maximum absolute atomic E-state index is 3.55. The second-order valence-corrected chi connectivity index (χ2v) is 4.82. The van der Waals surface area contributed by atoms with Gasteiger partial charge in [-0.05, 0) is 24.7 Å². The van der Waals surface area contributed by atoms with Crippen LogP contribution in [0.3, 0.4) is 0 Å². The minimum atomic E-state index is 0.712. The van der Waals surface area contributed by atoms with E-state index >= 15 is 0 Å². The van der Waals surface area contributed by atoms with Crippen LogP contribution >= 0.6 is 0 Å². The van der Waals surface area contributed by atoms with E-state index in [-0.39, 0.29) is 0 Å². The molecular formula is C11H24N2. The molecule has 13 heavy (non-hydrogen) atoms. The minimum absolute atomic E-state index is 0.712. The fourth-order valence-corrected chi connectivity index (χ4v) is 2.45. The Bertz CT molecular complexity index is 143. The first-order valence-corrected chi connectivity index (χ1v) is 5.54. The van der Waals surface area contributed by atoms with Gasteiger partial charge in [0.15, 0.2) is 0 Å². The van der Waals surface area contributed by atoms with Crippen LogP contribution in [-0.4, -0.2) is 25.1 Å². The first-order valence-electron chi connectivity index (χ1n) is 5.54. The van der Waals surface area contributed by atoms with Crippen molar-refractivity contribution in [3.05, 3.63) is 0 Å². The minimum Gasteiger partial charge on any atom is -0.252 e. The van der Waals surface area contributed by atoms with E-state index in [0.717, 1.165) is 11.8 Å². The maximum atomic E-state index is 3.55. The van der Waals surface area contributed by atoms with Crippen molar-refractivity contribution in [2.45, 2.75) is 45.6 Å². The quantitative estimate of drug-likeness (QED) is 0.677. The Balaban J connectivity index is 2.46. The molecule has 0 saturated heterocycles. The summed E-state index contributed by atoms with van der Waals surface area (Å²) in [5.74, 6) is 1.69. The zero-order valence-electron chi connectivity index (χ0n) is 9.51. The van der Waals surface area contributed by atoms with E-state index in [1.807, 2.05) is 0 Å². The lowest BCUT2D eigenvalue weighted by Gasteiger charge is -2.36. The molecule has 1 aliphatic rings. The summed E-state index contributed by atoms with van der Waals surface area (Å²) in [5.41, 5.74) is 3.55. The molecule has 1 saturated carbocycles. The number of hydrazine groups is 1. The van der Waals surface area contributed by atoms with E-state index in [1.54, 1.807) is 0 Å². The molecule has 1 rings (SSSR count). The number of hydrogen-bond donors (Lipinski definition) is 1. The van der Waals surface area contributed by atoms with Gasteiger partial charge in [-0.2, -0.15) is 0 Å². The van der Waals surface area contributed by atoms with E-state index in [2.05, 4.69) is 38.4 Å². The van der Waals surface area contributed by atoms with Crippen LogP contribution in [0.2, 0.25) is 0 Å². The molecule has 0 amide bonds. The summed E-state index contributed by atoms with van der Waals surface area (Å²) in [6.45, 7) is 4.70. The van der Waals surface area contributed by atoms with Crippen molar-refractivity contribution >= 4 is 0 Å². The van der Waals surface area contributed by atoms with E-state index in [1.165, 1.54) is 25.7 Å². The number of nitrogens with one attached hydrogen (secondary N) is 1. The first-order chi connectivity index (χ1) is 6.11. The molecule has 1 aliphatic carbocycles. The van der Waals surface area contributed by atoms with Crippen molar-refractivity contribution in [1.82, 2.24) is 10.4 Å². The molecule has 0 aromatic rings. The van der Waals surface area contributed by atoms with Gasteiger partial charge >= 0.3 is 0 Å². The maximum Gasteiger partial charge on any atom is 0.0245 e. The van der Waals surface area contributed by atoms with Crippen molar-refractivity contribution in [2.75, 3.05) is 14.1 Å². The lowest BCUT2D eigenvalue weighted by Crippen LogP contribution is -2.47. The fraction of sp³-hybridized carbons (Fsp3) is 1.00. The Morgan fingerprint density at radius 2 is 1.77 bits per heavy atom. The molecule has 0 bridgehead atoms. The molecule has 2 heteroatoms. The van der Waals surface area contributed by atoms with Gasteiger partial charge in [-0.3, -0.25) is 10.4 Å². The highest BCUT2D eigenvalue weighted by Gasteiger charge is 2.27. The van der Waals surface area contributed by atoms with Crippen molar-refractivity contribution in [3.63, 3.8) is 0 Å². The number of rotatable bonds is 3. The monoisotopic (exact) mass is 184 g/mol. The van der Waals surface area contributed by atoms with Gasteiger partial charge in [0.05, 0.1) is 0 Å². The summed E-state index contributed by atoms with van der Waals surface area (Å²) < 4.78 is 0. The molecule has 0 aromatic heterocycles. The van der Waals surface area contributed by atoms with Crippen molar-refractivity contribution < 1.29 is 0 Å². The third-order valence-electron chi connectivity index (χ3n) is 3.10. The van der Waals surface area contributed by atoms with Crippen LogP contribution in [0.4, 0.5) is 0 Å². The third kappa shape index (κ3) is 3.28. The average Bonchev–Trinajstić information content (AvgIpc) is 2.03. The molecule has 1 N–H and O–H groups in total. The SMILES string of the molecule is CC(C)C1CCCCC1NN(C)C. The molecular weight excluding hydrogens is 160 g/mol. The van der Waals surface area contributed by atoms with Crippen LogP contribution in [-0.2, 0) is 0 Å². The first kappa shape index (κ1) is 11.0. The second kappa shape index (κ2) is 4.97. The molecule has 78 valence electrons. The molecule has 0 aliphatic heterocycles. The molecule has 0 heterocycles. The molecule has 2 atom stereocenters. The highest BCUT2D eigenvalue weighted by molar-refractivity contribution is 4.81. The van der Waals surface area contributed by atoms with Gasteiger partial charge in [0.1, 0.15) is 0 Å². The Hall–Kier alpha value is -0.0800. The summed E-state index contributed by atoms with van der Waals surface area (Å²) in [4.78, 5) is 0. The van der Waals surface area contributed by atoms with E-state index in [9.17, 15) is 0 Å². The molecule has 0 aromatic carbocycles. The standard InChI is InChI=1S/C11H24N2/c1-9(2)10-7-5-6-8-11(10)12-13(3)4/h9-12H,5-8H2,1-4H3. The van der Waals surface area contributed by atoms with Gasteiger partial charge in [-0.1, -0.05) is 26.7 Å². The van der Waals surface area contributed by atoms with Crippen LogP contribution in [0, 0.1) is 11.8 Å². The second-order valence-electron chi connectivity index (χ2n) is 4.82. The molecule has 2 nitrogen and oxygen atoms in total. The van der Waals surface area contributed by atoms with Crippen molar-refractivity contribution in [3.8, 4) is 0 Å². The molecule has 1 fully saturated rings.